The average molecular weight is 229 g/mol. The highest BCUT2D eigenvalue weighted by Gasteiger charge is 1.98. The summed E-state index contributed by atoms with van der Waals surface area (Å²) in [6.07, 6.45) is 0. The highest BCUT2D eigenvalue weighted by Crippen LogP contribution is 2.21. The van der Waals surface area contributed by atoms with Gasteiger partial charge in [-0.2, -0.15) is 0 Å². The van der Waals surface area contributed by atoms with Crippen LogP contribution in [0.1, 0.15) is 0 Å². The van der Waals surface area contributed by atoms with E-state index in [-0.39, 0.29) is 0 Å². The van der Waals surface area contributed by atoms with Crippen LogP contribution in [0.25, 0.3) is 10.9 Å². The van der Waals surface area contributed by atoms with Crippen molar-refractivity contribution in [3.05, 3.63) is 33.9 Å². The van der Waals surface area contributed by atoms with Gasteiger partial charge in [-0.1, -0.05) is 27.5 Å². The molecule has 0 fully saturated rings. The Morgan fingerprint density at radius 1 is 1.45 bits per heavy atom. The molecule has 1 nitrogen and oxygen atoms in total. The van der Waals surface area contributed by atoms with E-state index in [0.29, 0.717) is 5.15 Å². The topological polar surface area (TPSA) is 15.8 Å². The molecule has 55 valence electrons. The predicted octanol–water partition coefficient (Wildman–Crippen LogP) is 3.38. The number of benzene rings is 1. The van der Waals surface area contributed by atoms with Crippen LogP contribution in [-0.2, 0) is 0 Å². The van der Waals surface area contributed by atoms with Crippen molar-refractivity contribution in [2.75, 3.05) is 0 Å². The standard InChI is InChI=1S/C8H4BrClN/c9-6-1-2-7-5(3-6)4-8(10)11-7/h1-3,11H. The number of aromatic nitrogens is 1. The molecule has 2 aromatic rings. The maximum atomic E-state index is 5.71. The summed E-state index contributed by atoms with van der Waals surface area (Å²) in [5.74, 6) is 0. The lowest BCUT2D eigenvalue weighted by atomic mass is 10.3. The van der Waals surface area contributed by atoms with Gasteiger partial charge in [0.1, 0.15) is 5.15 Å². The van der Waals surface area contributed by atoms with Crippen LogP contribution in [0.5, 0.6) is 0 Å². The Hall–Kier alpha value is -0.470. The van der Waals surface area contributed by atoms with Crippen LogP contribution in [0.15, 0.2) is 22.7 Å². The fourth-order valence-corrected chi connectivity index (χ4v) is 1.56. The van der Waals surface area contributed by atoms with Crippen LogP contribution in [0.2, 0.25) is 5.15 Å². The van der Waals surface area contributed by atoms with E-state index in [4.69, 9.17) is 11.6 Å². The van der Waals surface area contributed by atoms with E-state index in [9.17, 15) is 0 Å². The molecule has 0 amide bonds. The molecule has 0 saturated heterocycles. The van der Waals surface area contributed by atoms with Gasteiger partial charge in [0, 0.05) is 21.4 Å². The molecule has 11 heavy (non-hydrogen) atoms. The number of aromatic amines is 1. The van der Waals surface area contributed by atoms with Crippen LogP contribution in [-0.4, -0.2) is 4.98 Å². The molecule has 0 saturated carbocycles. The molecule has 0 spiro atoms. The van der Waals surface area contributed by atoms with Crippen LogP contribution < -0.4 is 0 Å². The first-order valence-corrected chi connectivity index (χ1v) is 4.29. The van der Waals surface area contributed by atoms with E-state index >= 15 is 0 Å². The summed E-state index contributed by atoms with van der Waals surface area (Å²) >= 11 is 9.07. The van der Waals surface area contributed by atoms with Crippen molar-refractivity contribution >= 4 is 38.4 Å². The maximum absolute atomic E-state index is 5.71. The normalized spacial score (nSPS) is 10.7. The molecule has 1 aromatic carbocycles. The number of halogens is 2. The molecule has 1 radical (unpaired) electrons. The predicted molar refractivity (Wildman–Crippen MR) is 49.8 cm³/mol. The summed E-state index contributed by atoms with van der Waals surface area (Å²) < 4.78 is 1.04. The highest BCUT2D eigenvalue weighted by atomic mass is 79.9. The lowest BCUT2D eigenvalue weighted by Gasteiger charge is -1.88. The molecule has 0 aliphatic heterocycles. The largest absolute Gasteiger partial charge is 0.345 e. The summed E-state index contributed by atoms with van der Waals surface area (Å²) in [4.78, 5) is 2.97. The van der Waals surface area contributed by atoms with E-state index in [0.717, 1.165) is 15.4 Å². The third kappa shape index (κ3) is 1.28. The Morgan fingerprint density at radius 2 is 2.27 bits per heavy atom. The van der Waals surface area contributed by atoms with E-state index in [1.165, 1.54) is 0 Å². The summed E-state index contributed by atoms with van der Waals surface area (Å²) in [5, 5.41) is 1.56. The first kappa shape index (κ1) is 7.19. The van der Waals surface area contributed by atoms with E-state index < -0.39 is 0 Å². The van der Waals surface area contributed by atoms with Gasteiger partial charge in [0.15, 0.2) is 0 Å². The monoisotopic (exact) mass is 228 g/mol. The molecule has 0 unspecified atom stereocenters. The van der Waals surface area contributed by atoms with Crippen LogP contribution in [0.3, 0.4) is 0 Å². The van der Waals surface area contributed by atoms with Gasteiger partial charge in [-0.3, -0.25) is 0 Å². The lowest BCUT2D eigenvalue weighted by molar-refractivity contribution is 1.47. The number of hydrogen-bond donors (Lipinski definition) is 1. The van der Waals surface area contributed by atoms with Gasteiger partial charge in [-0.25, -0.2) is 0 Å². The van der Waals surface area contributed by atoms with Gasteiger partial charge in [0.05, 0.1) is 0 Å². The minimum absolute atomic E-state index is 0.554. The summed E-state index contributed by atoms with van der Waals surface area (Å²) in [7, 11) is 0. The van der Waals surface area contributed by atoms with Gasteiger partial charge in [0.2, 0.25) is 0 Å². The number of H-pyrrole nitrogens is 1. The minimum Gasteiger partial charge on any atom is -0.345 e. The number of rotatable bonds is 0. The maximum Gasteiger partial charge on any atom is 0.115 e. The van der Waals surface area contributed by atoms with Gasteiger partial charge >= 0.3 is 0 Å². The third-order valence-corrected chi connectivity index (χ3v) is 2.15. The van der Waals surface area contributed by atoms with Crippen molar-refractivity contribution < 1.29 is 0 Å². The quantitative estimate of drug-likeness (QED) is 0.713. The molecular weight excluding hydrogens is 225 g/mol. The van der Waals surface area contributed by atoms with Crippen molar-refractivity contribution in [3.63, 3.8) is 0 Å². The molecule has 0 atom stereocenters. The Kier molecular flexibility index (Phi) is 1.66. The molecule has 1 aromatic heterocycles. The lowest BCUT2D eigenvalue weighted by Crippen LogP contribution is -1.66. The average Bonchev–Trinajstić information content (AvgIpc) is 2.27. The van der Waals surface area contributed by atoms with E-state index in [2.05, 4.69) is 27.0 Å². The SMILES string of the molecule is Clc1[c]c2cc(Br)ccc2[nH]1. The van der Waals surface area contributed by atoms with Crippen molar-refractivity contribution in [2.24, 2.45) is 0 Å². The second-order valence-corrected chi connectivity index (χ2v) is 3.55. The van der Waals surface area contributed by atoms with Gasteiger partial charge in [0.25, 0.3) is 0 Å². The van der Waals surface area contributed by atoms with E-state index in [1.807, 2.05) is 18.2 Å². The second-order valence-electron chi connectivity index (χ2n) is 2.25. The smallest absolute Gasteiger partial charge is 0.115 e. The molecule has 1 N–H and O–H groups in total. The second kappa shape index (κ2) is 2.54. The molecule has 0 aliphatic carbocycles. The Bertz CT molecular complexity index is 394. The molecule has 0 bridgehead atoms. The summed E-state index contributed by atoms with van der Waals surface area (Å²) in [6, 6.07) is 8.87. The van der Waals surface area contributed by atoms with Gasteiger partial charge in [-0.15, -0.1) is 0 Å². The zero-order valence-electron chi connectivity index (χ0n) is 5.49. The zero-order valence-corrected chi connectivity index (χ0v) is 7.83. The van der Waals surface area contributed by atoms with Crippen molar-refractivity contribution in [3.8, 4) is 0 Å². The molecule has 0 aliphatic rings. The molecular formula is C8H4BrClN. The van der Waals surface area contributed by atoms with Crippen molar-refractivity contribution in [2.45, 2.75) is 0 Å². The summed E-state index contributed by atoms with van der Waals surface area (Å²) in [6.45, 7) is 0. The first-order valence-electron chi connectivity index (χ1n) is 3.12. The Balaban J connectivity index is 2.82. The molecule has 1 heterocycles. The Labute approximate surface area is 77.5 Å². The molecule has 3 heteroatoms. The number of nitrogens with one attached hydrogen (secondary N) is 1. The van der Waals surface area contributed by atoms with Crippen LogP contribution >= 0.6 is 27.5 Å². The fraction of sp³-hybridized carbons (Fsp3) is 0. The minimum atomic E-state index is 0.554. The zero-order chi connectivity index (χ0) is 7.84. The van der Waals surface area contributed by atoms with Crippen molar-refractivity contribution in [1.29, 1.82) is 0 Å². The van der Waals surface area contributed by atoms with Gasteiger partial charge in [-0.05, 0) is 18.2 Å². The Morgan fingerprint density at radius 3 is 3.09 bits per heavy atom. The highest BCUT2D eigenvalue weighted by molar-refractivity contribution is 9.10. The molecule has 2 rings (SSSR count). The van der Waals surface area contributed by atoms with Crippen molar-refractivity contribution in [1.82, 2.24) is 4.98 Å². The van der Waals surface area contributed by atoms with Crippen LogP contribution in [0, 0.1) is 6.07 Å². The fourth-order valence-electron chi connectivity index (χ4n) is 0.997. The number of hydrogen-bond acceptors (Lipinski definition) is 0. The summed E-state index contributed by atoms with van der Waals surface area (Å²) in [5.41, 5.74) is 1.01. The third-order valence-electron chi connectivity index (χ3n) is 1.47. The first-order chi connectivity index (χ1) is 5.25. The number of fused-ring (bicyclic) bond motifs is 1. The van der Waals surface area contributed by atoms with E-state index in [1.54, 1.807) is 0 Å². The van der Waals surface area contributed by atoms with Gasteiger partial charge < -0.3 is 4.98 Å². The van der Waals surface area contributed by atoms with Crippen LogP contribution in [0.4, 0.5) is 0 Å².